The van der Waals surface area contributed by atoms with Crippen molar-refractivity contribution in [2.24, 2.45) is 4.99 Å². The molecule has 5 nitrogen and oxygen atoms in total. The number of rotatable bonds is 9. The highest BCUT2D eigenvalue weighted by Crippen LogP contribution is 2.20. The van der Waals surface area contributed by atoms with E-state index in [1.165, 1.54) is 38.2 Å². The van der Waals surface area contributed by atoms with Crippen molar-refractivity contribution in [3.63, 3.8) is 0 Å². The lowest BCUT2D eigenvalue weighted by Gasteiger charge is -2.22. The third-order valence-corrected chi connectivity index (χ3v) is 4.80. The maximum atomic E-state index is 13.9. The predicted octanol–water partition coefficient (Wildman–Crippen LogP) is 3.29. The Morgan fingerprint density at radius 2 is 2.00 bits per heavy atom. The minimum atomic E-state index is -0.159. The molecule has 1 saturated carbocycles. The van der Waals surface area contributed by atoms with Gasteiger partial charge in [-0.15, -0.1) is 0 Å². The molecule has 1 fully saturated rings. The molecule has 0 heterocycles. The molecule has 27 heavy (non-hydrogen) atoms. The molecular weight excluding hydrogens is 343 g/mol. The fraction of sp³-hybridized carbons (Fsp3) is 0.667. The second-order valence-corrected chi connectivity index (χ2v) is 7.50. The van der Waals surface area contributed by atoms with Crippen LogP contribution in [-0.4, -0.2) is 51.3 Å². The van der Waals surface area contributed by atoms with Gasteiger partial charge >= 0.3 is 0 Å². The summed E-state index contributed by atoms with van der Waals surface area (Å²) in [5, 5.41) is 6.60. The topological polar surface area (TPSA) is 48.9 Å². The lowest BCUT2D eigenvalue weighted by atomic mass is 9.98. The highest BCUT2D eigenvalue weighted by atomic mass is 19.1. The summed E-state index contributed by atoms with van der Waals surface area (Å²) in [4.78, 5) is 6.21. The summed E-state index contributed by atoms with van der Waals surface area (Å²) in [6.07, 6.45) is 7.81. The Kier molecular flexibility index (Phi) is 9.56. The first-order valence-corrected chi connectivity index (χ1v) is 10.1. The first-order chi connectivity index (χ1) is 13.1. The van der Waals surface area contributed by atoms with E-state index in [9.17, 15) is 4.39 Å². The van der Waals surface area contributed by atoms with Crippen molar-refractivity contribution >= 4 is 5.96 Å². The van der Waals surface area contributed by atoms with Crippen molar-refractivity contribution in [1.82, 2.24) is 15.5 Å². The van der Waals surface area contributed by atoms with Crippen LogP contribution in [0.2, 0.25) is 0 Å². The van der Waals surface area contributed by atoms with Gasteiger partial charge in [-0.2, -0.15) is 0 Å². The van der Waals surface area contributed by atoms with E-state index in [2.05, 4.69) is 15.6 Å². The monoisotopic (exact) mass is 378 g/mol. The standard InChI is InChI=1S/C21H35FN4O/c1-23-21(24-12-7-13-27-19-8-5-4-6-9-19)25-15-17-10-11-20(22)18(14-17)16-26(2)3/h10-11,14,19H,4-9,12-13,15-16H2,1-3H3,(H2,23,24,25). The average molecular weight is 379 g/mol. The second kappa shape index (κ2) is 11.9. The van der Waals surface area contributed by atoms with E-state index >= 15 is 0 Å². The van der Waals surface area contributed by atoms with Crippen molar-refractivity contribution in [3.8, 4) is 0 Å². The van der Waals surface area contributed by atoms with Crippen LogP contribution in [0, 0.1) is 5.82 Å². The molecule has 0 unspecified atom stereocenters. The fourth-order valence-corrected chi connectivity index (χ4v) is 3.37. The minimum absolute atomic E-state index is 0.159. The minimum Gasteiger partial charge on any atom is -0.378 e. The summed E-state index contributed by atoms with van der Waals surface area (Å²) in [7, 11) is 5.64. The molecule has 0 amide bonds. The summed E-state index contributed by atoms with van der Waals surface area (Å²) in [6, 6.07) is 5.26. The van der Waals surface area contributed by atoms with Gasteiger partial charge in [-0.1, -0.05) is 25.3 Å². The Hall–Kier alpha value is -1.66. The van der Waals surface area contributed by atoms with Crippen LogP contribution in [0.4, 0.5) is 4.39 Å². The molecule has 1 aromatic carbocycles. The molecule has 1 aromatic rings. The second-order valence-electron chi connectivity index (χ2n) is 7.50. The average Bonchev–Trinajstić information content (AvgIpc) is 2.66. The van der Waals surface area contributed by atoms with E-state index in [1.807, 2.05) is 31.1 Å². The van der Waals surface area contributed by atoms with Crippen LogP contribution in [0.1, 0.15) is 49.7 Å². The van der Waals surface area contributed by atoms with Gasteiger partial charge in [0.25, 0.3) is 0 Å². The summed E-state index contributed by atoms with van der Waals surface area (Å²) >= 11 is 0. The number of halogens is 1. The van der Waals surface area contributed by atoms with Gasteiger partial charge < -0.3 is 20.3 Å². The largest absolute Gasteiger partial charge is 0.378 e. The number of hydrogen-bond donors (Lipinski definition) is 2. The molecule has 0 radical (unpaired) electrons. The zero-order chi connectivity index (χ0) is 19.5. The van der Waals surface area contributed by atoms with E-state index in [1.54, 1.807) is 7.05 Å². The maximum Gasteiger partial charge on any atom is 0.191 e. The smallest absolute Gasteiger partial charge is 0.191 e. The van der Waals surface area contributed by atoms with Crippen LogP contribution < -0.4 is 10.6 Å². The molecule has 2 rings (SSSR count). The van der Waals surface area contributed by atoms with Crippen LogP contribution in [0.5, 0.6) is 0 Å². The van der Waals surface area contributed by atoms with Crippen LogP contribution >= 0.6 is 0 Å². The van der Waals surface area contributed by atoms with Crippen molar-refractivity contribution in [2.75, 3.05) is 34.3 Å². The Bertz CT molecular complexity index is 586. The van der Waals surface area contributed by atoms with Crippen LogP contribution in [0.25, 0.3) is 0 Å². The summed E-state index contributed by atoms with van der Waals surface area (Å²) in [5.74, 6) is 0.596. The normalized spacial score (nSPS) is 16.0. The number of guanidine groups is 1. The van der Waals surface area contributed by atoms with E-state index in [0.717, 1.165) is 31.1 Å². The van der Waals surface area contributed by atoms with Crippen LogP contribution in [-0.2, 0) is 17.8 Å². The van der Waals surface area contributed by atoms with Gasteiger partial charge in [-0.25, -0.2) is 4.39 Å². The summed E-state index contributed by atoms with van der Waals surface area (Å²) in [5.41, 5.74) is 1.75. The van der Waals surface area contributed by atoms with Crippen LogP contribution in [0.3, 0.4) is 0 Å². The first kappa shape index (κ1) is 21.6. The lowest BCUT2D eigenvalue weighted by Crippen LogP contribution is -2.37. The Morgan fingerprint density at radius 1 is 1.22 bits per heavy atom. The lowest BCUT2D eigenvalue weighted by molar-refractivity contribution is 0.0277. The molecule has 1 aliphatic rings. The van der Waals surface area contributed by atoms with Gasteiger partial charge in [0.15, 0.2) is 5.96 Å². The van der Waals surface area contributed by atoms with Gasteiger partial charge in [0.2, 0.25) is 0 Å². The van der Waals surface area contributed by atoms with E-state index < -0.39 is 0 Å². The van der Waals surface area contributed by atoms with Gasteiger partial charge in [-0.3, -0.25) is 4.99 Å². The zero-order valence-corrected chi connectivity index (χ0v) is 17.1. The molecule has 0 aliphatic heterocycles. The zero-order valence-electron chi connectivity index (χ0n) is 17.1. The number of ether oxygens (including phenoxy) is 1. The molecular formula is C21H35FN4O. The Labute approximate surface area is 163 Å². The molecule has 0 aromatic heterocycles. The molecule has 0 atom stereocenters. The van der Waals surface area contributed by atoms with Crippen molar-refractivity contribution < 1.29 is 9.13 Å². The number of nitrogens with one attached hydrogen (secondary N) is 2. The molecule has 0 spiro atoms. The first-order valence-electron chi connectivity index (χ1n) is 10.1. The molecule has 0 bridgehead atoms. The van der Waals surface area contributed by atoms with Crippen molar-refractivity contribution in [1.29, 1.82) is 0 Å². The molecule has 2 N–H and O–H groups in total. The number of hydrogen-bond acceptors (Lipinski definition) is 3. The van der Waals surface area contributed by atoms with Crippen molar-refractivity contribution in [2.45, 2.75) is 57.7 Å². The number of aliphatic imine (C=N–C) groups is 1. The highest BCUT2D eigenvalue weighted by Gasteiger charge is 2.13. The highest BCUT2D eigenvalue weighted by molar-refractivity contribution is 5.79. The van der Waals surface area contributed by atoms with Gasteiger partial charge in [-0.05, 0) is 51.1 Å². The summed E-state index contributed by atoms with van der Waals surface area (Å²) < 4.78 is 19.8. The van der Waals surface area contributed by atoms with Crippen LogP contribution in [0.15, 0.2) is 23.2 Å². The SMILES string of the molecule is CN=C(NCCCOC1CCCCC1)NCc1ccc(F)c(CN(C)C)c1. The van der Waals surface area contributed by atoms with E-state index in [-0.39, 0.29) is 5.82 Å². The molecule has 152 valence electrons. The number of nitrogens with zero attached hydrogens (tertiary/aromatic N) is 2. The quantitative estimate of drug-likeness (QED) is 0.393. The van der Waals surface area contributed by atoms with Gasteiger partial charge in [0.1, 0.15) is 5.82 Å². The molecule has 1 aliphatic carbocycles. The predicted molar refractivity (Wildman–Crippen MR) is 109 cm³/mol. The fourth-order valence-electron chi connectivity index (χ4n) is 3.37. The van der Waals surface area contributed by atoms with Gasteiger partial charge in [0, 0.05) is 38.9 Å². The third kappa shape index (κ3) is 8.26. The Balaban J connectivity index is 1.67. The van der Waals surface area contributed by atoms with E-state index in [0.29, 0.717) is 24.8 Å². The van der Waals surface area contributed by atoms with Gasteiger partial charge in [0.05, 0.1) is 6.10 Å². The third-order valence-electron chi connectivity index (χ3n) is 4.80. The van der Waals surface area contributed by atoms with Crippen molar-refractivity contribution in [3.05, 3.63) is 35.1 Å². The summed E-state index contributed by atoms with van der Waals surface area (Å²) in [6.45, 7) is 2.81. The van der Waals surface area contributed by atoms with E-state index in [4.69, 9.17) is 4.74 Å². The number of benzene rings is 1. The Morgan fingerprint density at radius 3 is 2.70 bits per heavy atom. The maximum absolute atomic E-state index is 13.9. The molecule has 6 heteroatoms. The molecule has 0 saturated heterocycles.